The van der Waals surface area contributed by atoms with Gasteiger partial charge < -0.3 is 20.4 Å². The quantitative estimate of drug-likeness (QED) is 0.663. The molecule has 0 bridgehead atoms. The fourth-order valence-electron chi connectivity index (χ4n) is 3.11. The van der Waals surface area contributed by atoms with Crippen LogP contribution in [0.25, 0.3) is 0 Å². The summed E-state index contributed by atoms with van der Waals surface area (Å²) in [5, 5.41) is 7.44. The van der Waals surface area contributed by atoms with Gasteiger partial charge in [0, 0.05) is 16.4 Å². The van der Waals surface area contributed by atoms with Crippen LogP contribution in [-0.2, 0) is 4.79 Å². The maximum atomic E-state index is 12.9. The average molecular weight is 422 g/mol. The van der Waals surface area contributed by atoms with Crippen molar-refractivity contribution in [3.05, 3.63) is 58.9 Å². The van der Waals surface area contributed by atoms with Crippen LogP contribution in [0.3, 0.4) is 0 Å². The minimum Gasteiger partial charge on any atom is -0.338 e. The summed E-state index contributed by atoms with van der Waals surface area (Å²) in [7, 11) is 0. The van der Waals surface area contributed by atoms with Crippen molar-refractivity contribution in [1.29, 1.82) is 0 Å². The van der Waals surface area contributed by atoms with E-state index in [0.29, 0.717) is 22.4 Å². The fourth-order valence-corrected chi connectivity index (χ4v) is 3.57. The van der Waals surface area contributed by atoms with Gasteiger partial charge in [-0.25, -0.2) is 4.39 Å². The molecule has 0 aromatic heterocycles. The van der Waals surface area contributed by atoms with Crippen LogP contribution in [-0.4, -0.2) is 48.6 Å². The van der Waals surface area contributed by atoms with E-state index in [1.165, 1.54) is 17.0 Å². The van der Waals surface area contributed by atoms with Crippen molar-refractivity contribution in [1.82, 2.24) is 4.90 Å². The van der Waals surface area contributed by atoms with Gasteiger partial charge in [0.25, 0.3) is 5.91 Å². The van der Waals surface area contributed by atoms with Crippen LogP contribution in [0.1, 0.15) is 5.56 Å². The van der Waals surface area contributed by atoms with Gasteiger partial charge in [-0.05, 0) is 61.1 Å². The number of piperazine rings is 1. The Hall–Kier alpha value is -2.22. The highest BCUT2D eigenvalue weighted by Crippen LogP contribution is 2.23. The molecule has 0 atom stereocenters. The van der Waals surface area contributed by atoms with Crippen molar-refractivity contribution in [2.24, 2.45) is 0 Å². The van der Waals surface area contributed by atoms with Crippen molar-refractivity contribution >= 4 is 46.2 Å². The Labute approximate surface area is 174 Å². The molecule has 1 fully saturated rings. The molecule has 0 radical (unpaired) electrons. The first kappa shape index (κ1) is 20.5. The minimum absolute atomic E-state index is 0.0784. The van der Waals surface area contributed by atoms with Gasteiger partial charge in [0.1, 0.15) is 5.82 Å². The molecule has 28 heavy (non-hydrogen) atoms. The molecule has 0 aliphatic carbocycles. The summed E-state index contributed by atoms with van der Waals surface area (Å²) in [6.45, 7) is 5.49. The van der Waals surface area contributed by atoms with E-state index in [1.54, 1.807) is 12.1 Å². The number of hydrogen-bond donors (Lipinski definition) is 3. The first-order valence-electron chi connectivity index (χ1n) is 9.12. The van der Waals surface area contributed by atoms with Crippen molar-refractivity contribution in [3.63, 3.8) is 0 Å². The molecule has 5 nitrogen and oxygen atoms in total. The van der Waals surface area contributed by atoms with E-state index in [9.17, 15) is 9.18 Å². The van der Waals surface area contributed by atoms with Crippen molar-refractivity contribution in [3.8, 4) is 0 Å². The fraction of sp³-hybridized carbons (Fsp3) is 0.300. The van der Waals surface area contributed by atoms with E-state index >= 15 is 0 Å². The SMILES string of the molecule is Cc1c(Cl)cccc1NC(=S)N1CC[NH+](CC(=O)Nc2ccc(F)cc2)CC1. The number of carbonyl (C=O) groups is 1. The predicted molar refractivity (Wildman–Crippen MR) is 115 cm³/mol. The second-order valence-electron chi connectivity index (χ2n) is 6.81. The molecule has 1 aliphatic heterocycles. The lowest BCUT2D eigenvalue weighted by Crippen LogP contribution is -3.15. The number of nitrogens with zero attached hydrogens (tertiary/aromatic N) is 1. The Kier molecular flexibility index (Phi) is 6.83. The zero-order valence-corrected chi connectivity index (χ0v) is 17.2. The van der Waals surface area contributed by atoms with Crippen LogP contribution in [0.15, 0.2) is 42.5 Å². The highest BCUT2D eigenvalue weighted by molar-refractivity contribution is 7.80. The molecule has 2 aromatic carbocycles. The second kappa shape index (κ2) is 9.32. The molecule has 8 heteroatoms. The Morgan fingerprint density at radius 3 is 2.54 bits per heavy atom. The number of anilines is 2. The van der Waals surface area contributed by atoms with E-state index in [2.05, 4.69) is 15.5 Å². The highest BCUT2D eigenvalue weighted by atomic mass is 35.5. The molecule has 1 amide bonds. The van der Waals surface area contributed by atoms with Gasteiger partial charge in [0.05, 0.1) is 26.2 Å². The molecule has 0 saturated carbocycles. The summed E-state index contributed by atoms with van der Waals surface area (Å²) in [5.74, 6) is -0.400. The first-order chi connectivity index (χ1) is 13.4. The Bertz CT molecular complexity index is 854. The van der Waals surface area contributed by atoms with Crippen LogP contribution >= 0.6 is 23.8 Å². The van der Waals surface area contributed by atoms with E-state index in [-0.39, 0.29) is 11.7 Å². The van der Waals surface area contributed by atoms with Crippen LogP contribution in [0.5, 0.6) is 0 Å². The number of hydrogen-bond acceptors (Lipinski definition) is 2. The number of benzene rings is 2. The summed E-state index contributed by atoms with van der Waals surface area (Å²) in [4.78, 5) is 15.5. The minimum atomic E-state index is -0.322. The molecule has 0 spiro atoms. The standard InChI is InChI=1S/C20H22ClFN4OS/c1-14-17(21)3-2-4-18(14)24-20(28)26-11-9-25(10-12-26)13-19(27)23-16-7-5-15(22)6-8-16/h2-8H,9-13H2,1H3,(H,23,27)(H,24,28)/p+1. The Balaban J connectivity index is 1.46. The molecule has 0 unspecified atom stereocenters. The van der Waals surface area contributed by atoms with E-state index < -0.39 is 0 Å². The summed E-state index contributed by atoms with van der Waals surface area (Å²) < 4.78 is 12.9. The number of halogens is 2. The first-order valence-corrected chi connectivity index (χ1v) is 9.91. The topological polar surface area (TPSA) is 48.8 Å². The van der Waals surface area contributed by atoms with Crippen molar-refractivity contribution < 1.29 is 14.1 Å². The maximum Gasteiger partial charge on any atom is 0.279 e. The molecule has 1 saturated heterocycles. The lowest BCUT2D eigenvalue weighted by molar-refractivity contribution is -0.895. The van der Waals surface area contributed by atoms with E-state index in [0.717, 1.165) is 37.4 Å². The number of carbonyl (C=O) groups excluding carboxylic acids is 1. The maximum absolute atomic E-state index is 12.9. The van der Waals surface area contributed by atoms with Crippen molar-refractivity contribution in [2.45, 2.75) is 6.92 Å². The molecule has 1 aliphatic rings. The van der Waals surface area contributed by atoms with Gasteiger partial charge in [-0.1, -0.05) is 17.7 Å². The normalized spacial score (nSPS) is 14.6. The number of thiocarbonyl (C=S) groups is 1. The summed E-state index contributed by atoms with van der Waals surface area (Å²) in [5.41, 5.74) is 2.48. The molecule has 3 N–H and O–H groups in total. The van der Waals surface area contributed by atoms with Gasteiger partial charge in [0.2, 0.25) is 0 Å². The van der Waals surface area contributed by atoms with Crippen LogP contribution in [0.2, 0.25) is 5.02 Å². The third kappa shape index (κ3) is 5.41. The van der Waals surface area contributed by atoms with Gasteiger partial charge in [-0.15, -0.1) is 0 Å². The van der Waals surface area contributed by atoms with Crippen LogP contribution in [0, 0.1) is 12.7 Å². The van der Waals surface area contributed by atoms with Gasteiger partial charge in [-0.3, -0.25) is 4.79 Å². The smallest absolute Gasteiger partial charge is 0.279 e. The van der Waals surface area contributed by atoms with Gasteiger partial charge in [0.15, 0.2) is 11.7 Å². The third-order valence-corrected chi connectivity index (χ3v) is 5.58. The van der Waals surface area contributed by atoms with Gasteiger partial charge in [-0.2, -0.15) is 0 Å². The van der Waals surface area contributed by atoms with E-state index in [4.69, 9.17) is 23.8 Å². The number of nitrogens with one attached hydrogen (secondary N) is 3. The lowest BCUT2D eigenvalue weighted by Gasteiger charge is -2.33. The predicted octanol–water partition coefficient (Wildman–Crippen LogP) is 2.32. The number of rotatable bonds is 4. The monoisotopic (exact) mass is 421 g/mol. The zero-order valence-electron chi connectivity index (χ0n) is 15.6. The molecule has 2 aromatic rings. The molecular weight excluding hydrogens is 399 g/mol. The zero-order chi connectivity index (χ0) is 20.1. The third-order valence-electron chi connectivity index (χ3n) is 4.81. The Morgan fingerprint density at radius 1 is 1.18 bits per heavy atom. The van der Waals surface area contributed by atoms with Crippen LogP contribution in [0.4, 0.5) is 15.8 Å². The summed E-state index contributed by atoms with van der Waals surface area (Å²) >= 11 is 11.7. The summed E-state index contributed by atoms with van der Waals surface area (Å²) in [6, 6.07) is 11.5. The summed E-state index contributed by atoms with van der Waals surface area (Å²) in [6.07, 6.45) is 0. The highest BCUT2D eigenvalue weighted by Gasteiger charge is 2.24. The largest absolute Gasteiger partial charge is 0.338 e. The van der Waals surface area contributed by atoms with Gasteiger partial charge >= 0.3 is 0 Å². The molecule has 1 heterocycles. The average Bonchev–Trinajstić information content (AvgIpc) is 2.68. The number of quaternary nitrogens is 1. The van der Waals surface area contributed by atoms with Crippen LogP contribution < -0.4 is 15.5 Å². The molecule has 148 valence electrons. The second-order valence-corrected chi connectivity index (χ2v) is 7.61. The molecule has 3 rings (SSSR count). The number of amides is 1. The Morgan fingerprint density at radius 2 is 1.86 bits per heavy atom. The van der Waals surface area contributed by atoms with E-state index in [1.807, 2.05) is 25.1 Å². The molecular formula is C20H23ClFN4OS+. The lowest BCUT2D eigenvalue weighted by atomic mass is 10.2. The van der Waals surface area contributed by atoms with Crippen molar-refractivity contribution in [2.75, 3.05) is 43.4 Å².